The van der Waals surface area contributed by atoms with Crippen LogP contribution in [-0.2, 0) is 20.4 Å². The summed E-state index contributed by atoms with van der Waals surface area (Å²) in [6, 6.07) is 23.6. The van der Waals surface area contributed by atoms with Gasteiger partial charge in [0.15, 0.2) is 0 Å². The van der Waals surface area contributed by atoms with Crippen LogP contribution in [0.15, 0.2) is 106 Å². The van der Waals surface area contributed by atoms with Crippen molar-refractivity contribution in [2.45, 2.75) is 87.3 Å². The molecule has 0 aliphatic heterocycles. The predicted molar refractivity (Wildman–Crippen MR) is 162 cm³/mol. The van der Waals surface area contributed by atoms with Gasteiger partial charge in [-0.05, 0) is 0 Å². The first kappa shape index (κ1) is 32.0. The van der Waals surface area contributed by atoms with Crippen LogP contribution in [0.25, 0.3) is 0 Å². The van der Waals surface area contributed by atoms with Crippen molar-refractivity contribution in [1.29, 1.82) is 0 Å². The van der Waals surface area contributed by atoms with Gasteiger partial charge in [0.2, 0.25) is 0 Å². The molecule has 0 fully saturated rings. The minimum atomic E-state index is -2.33. The van der Waals surface area contributed by atoms with Crippen LogP contribution in [0.4, 0.5) is 0 Å². The van der Waals surface area contributed by atoms with E-state index in [-0.39, 0.29) is 24.8 Å². The normalized spacial score (nSPS) is 24.0. The fourth-order valence-electron chi connectivity index (χ4n) is 8.23. The molecule has 4 aliphatic rings. The Labute approximate surface area is 263 Å². The summed E-state index contributed by atoms with van der Waals surface area (Å²) in [5.74, 6) is 0. The van der Waals surface area contributed by atoms with Gasteiger partial charge in [0.25, 0.3) is 0 Å². The van der Waals surface area contributed by atoms with E-state index >= 15 is 0 Å². The smallest absolute Gasteiger partial charge is 1.00 e. The van der Waals surface area contributed by atoms with Gasteiger partial charge in [-0.3, -0.25) is 0 Å². The van der Waals surface area contributed by atoms with E-state index in [0.29, 0.717) is 10.8 Å². The summed E-state index contributed by atoms with van der Waals surface area (Å²) < 4.78 is 1.48. The maximum absolute atomic E-state index is 2.68. The van der Waals surface area contributed by atoms with Gasteiger partial charge in [-0.15, -0.1) is 0 Å². The summed E-state index contributed by atoms with van der Waals surface area (Å²) in [6.07, 6.45) is 13.4. The maximum atomic E-state index is 2.68. The van der Waals surface area contributed by atoms with E-state index in [4.69, 9.17) is 0 Å². The molecule has 0 spiro atoms. The standard InChI is InChI=1S/C12H10Si.2C12H17.2ClH.Zr/c1-3-7-11(8-4-1)13-12-9-5-2-6-10-12;2*1-9-7-10-5-4-6-12(2,3)11(10)8-9;;;/h1-10H;2*7-8H,4-6H2,1-3H3;2*1H;/q;;;;;+2/p-2. The van der Waals surface area contributed by atoms with Crippen molar-refractivity contribution in [3.05, 3.63) is 106 Å². The molecule has 6 rings (SSSR count). The molecule has 4 heteroatoms. The van der Waals surface area contributed by atoms with E-state index in [9.17, 15) is 0 Å². The Morgan fingerprint density at radius 2 is 1.00 bits per heavy atom. The third-order valence-electron chi connectivity index (χ3n) is 10.0. The summed E-state index contributed by atoms with van der Waals surface area (Å²) in [5.41, 5.74) is 10.4. The van der Waals surface area contributed by atoms with Crippen LogP contribution in [0.2, 0.25) is 7.25 Å². The molecule has 0 bridgehead atoms. The zero-order valence-corrected chi connectivity index (χ0v) is 30.1. The van der Waals surface area contributed by atoms with E-state index in [0.717, 1.165) is 7.25 Å². The Kier molecular flexibility index (Phi) is 9.89. The zero-order chi connectivity index (χ0) is 26.7. The largest absolute Gasteiger partial charge is 1.00 e. The zero-order valence-electron chi connectivity index (χ0n) is 25.1. The van der Waals surface area contributed by atoms with Crippen molar-refractivity contribution < 1.29 is 45.2 Å². The molecule has 0 nitrogen and oxygen atoms in total. The average molecular weight is 667 g/mol. The number of halogens is 2. The van der Waals surface area contributed by atoms with E-state index in [1.807, 2.05) is 11.1 Å². The SMILES string of the molecule is CC1=CC2=C(CCCC2(C)C)[CH]1[Zr+2]([CH]1C(C)=CC2=C1CCCC2(C)C)=[Si](c1ccccc1)c1ccccc1.[Cl-].[Cl-]. The molecule has 40 heavy (non-hydrogen) atoms. The maximum Gasteiger partial charge on any atom is -1.00 e. The molecule has 0 radical (unpaired) electrons. The second kappa shape index (κ2) is 12.4. The molecule has 2 atom stereocenters. The van der Waals surface area contributed by atoms with Crippen LogP contribution in [0.5, 0.6) is 0 Å². The Hall–Kier alpha value is -0.920. The fourth-order valence-corrected chi connectivity index (χ4v) is 34.2. The topological polar surface area (TPSA) is 0 Å². The van der Waals surface area contributed by atoms with Gasteiger partial charge in [-0.1, -0.05) is 0 Å². The molecule has 2 unspecified atom stereocenters. The second-order valence-corrected chi connectivity index (χ2v) is 27.6. The van der Waals surface area contributed by atoms with Crippen molar-refractivity contribution in [2.24, 2.45) is 10.8 Å². The molecule has 0 aromatic heterocycles. The fraction of sp³-hybridized carbons (Fsp3) is 0.444. The minimum absolute atomic E-state index is 0. The third-order valence-corrected chi connectivity index (χ3v) is 31.4. The summed E-state index contributed by atoms with van der Waals surface area (Å²) >= 11 is -2.33. The van der Waals surface area contributed by atoms with Gasteiger partial charge < -0.3 is 24.8 Å². The van der Waals surface area contributed by atoms with E-state index in [2.05, 4.69) is 114 Å². The molecule has 0 saturated heterocycles. The van der Waals surface area contributed by atoms with Gasteiger partial charge in [-0.25, -0.2) is 0 Å². The summed E-state index contributed by atoms with van der Waals surface area (Å²) in [4.78, 5) is 0. The monoisotopic (exact) mass is 664 g/mol. The van der Waals surface area contributed by atoms with Gasteiger partial charge in [0.1, 0.15) is 0 Å². The number of rotatable bonds is 4. The molecular formula is C36H44Cl2SiZr. The predicted octanol–water partition coefficient (Wildman–Crippen LogP) is 2.93. The van der Waals surface area contributed by atoms with Crippen LogP contribution >= 0.6 is 0 Å². The van der Waals surface area contributed by atoms with Crippen molar-refractivity contribution in [3.8, 4) is 0 Å². The van der Waals surface area contributed by atoms with Crippen LogP contribution < -0.4 is 35.2 Å². The second-order valence-electron chi connectivity index (χ2n) is 13.6. The van der Waals surface area contributed by atoms with Crippen molar-refractivity contribution in [3.63, 3.8) is 0 Å². The molecule has 210 valence electrons. The Morgan fingerprint density at radius 1 is 0.625 bits per heavy atom. The van der Waals surface area contributed by atoms with Gasteiger partial charge in [0.05, 0.1) is 0 Å². The summed E-state index contributed by atoms with van der Waals surface area (Å²) in [7, 11) is 0. The number of hydrogen-bond acceptors (Lipinski definition) is 0. The Morgan fingerprint density at radius 3 is 1.38 bits per heavy atom. The molecule has 0 heterocycles. The number of hydrogen-bond donors (Lipinski definition) is 0. The summed E-state index contributed by atoms with van der Waals surface area (Å²) in [5, 5.41) is 3.32. The molecule has 2 aromatic carbocycles. The number of benzene rings is 2. The molecule has 0 saturated carbocycles. The Balaban J connectivity index is 0.00000185. The van der Waals surface area contributed by atoms with Gasteiger partial charge in [0, 0.05) is 0 Å². The minimum Gasteiger partial charge on any atom is -1.00 e. The first-order chi connectivity index (χ1) is 18.2. The van der Waals surface area contributed by atoms with Crippen LogP contribution in [0.1, 0.15) is 80.1 Å². The average Bonchev–Trinajstić information content (AvgIpc) is 3.41. The van der Waals surface area contributed by atoms with E-state index in [1.165, 1.54) is 38.5 Å². The van der Waals surface area contributed by atoms with Gasteiger partial charge >= 0.3 is 241 Å². The number of allylic oxidation sites excluding steroid dienone is 8. The van der Waals surface area contributed by atoms with Crippen LogP contribution in [-0.4, -0.2) is 5.43 Å². The molecule has 4 aliphatic carbocycles. The Bertz CT molecular complexity index is 1320. The van der Waals surface area contributed by atoms with Crippen molar-refractivity contribution in [2.75, 3.05) is 0 Å². The van der Waals surface area contributed by atoms with Crippen LogP contribution in [0.3, 0.4) is 0 Å². The van der Waals surface area contributed by atoms with Crippen molar-refractivity contribution >= 4 is 15.8 Å². The molecule has 0 N–H and O–H groups in total. The molecule has 2 aromatic rings. The van der Waals surface area contributed by atoms with Crippen LogP contribution in [0, 0.1) is 10.8 Å². The third kappa shape index (κ3) is 5.57. The van der Waals surface area contributed by atoms with Crippen molar-refractivity contribution in [1.82, 2.24) is 0 Å². The van der Waals surface area contributed by atoms with E-state index in [1.54, 1.807) is 32.7 Å². The summed E-state index contributed by atoms with van der Waals surface area (Å²) in [6.45, 7) is 15.1. The quantitative estimate of drug-likeness (QED) is 0.441. The molecular weight excluding hydrogens is 623 g/mol. The molecule has 0 amide bonds. The first-order valence-electron chi connectivity index (χ1n) is 14.9. The van der Waals surface area contributed by atoms with E-state index < -0.39 is 25.8 Å². The van der Waals surface area contributed by atoms with Gasteiger partial charge in [-0.2, -0.15) is 0 Å². The first-order valence-corrected chi connectivity index (χ1v) is 22.9.